The maximum atomic E-state index is 6.31. The van der Waals surface area contributed by atoms with Crippen molar-refractivity contribution in [1.82, 2.24) is 0 Å². The molecule has 1 nitrogen and oxygen atoms in total. The Morgan fingerprint density at radius 1 is 0.889 bits per heavy atom. The molecule has 0 fully saturated rings. The molecule has 0 saturated carbocycles. The van der Waals surface area contributed by atoms with Gasteiger partial charge in [-0.15, -0.1) is 0 Å². The number of hydrogen-bond acceptors (Lipinski definition) is 1. The van der Waals surface area contributed by atoms with Gasteiger partial charge < -0.3 is 5.73 Å². The molecule has 0 aliphatic carbocycles. The third-order valence-electron chi connectivity index (χ3n) is 3.66. The molecular weight excluding hydrogens is 218 g/mol. The van der Waals surface area contributed by atoms with E-state index in [1.807, 2.05) is 0 Å². The molecule has 2 aromatic rings. The van der Waals surface area contributed by atoms with Gasteiger partial charge in [-0.2, -0.15) is 0 Å². The molecule has 0 saturated heterocycles. The highest BCUT2D eigenvalue weighted by Crippen LogP contribution is 2.20. The van der Waals surface area contributed by atoms with Crippen molar-refractivity contribution in [3.63, 3.8) is 0 Å². The second-order valence-electron chi connectivity index (χ2n) is 5.08. The molecule has 2 rings (SSSR count). The van der Waals surface area contributed by atoms with E-state index >= 15 is 0 Å². The highest BCUT2D eigenvalue weighted by atomic mass is 14.6. The van der Waals surface area contributed by atoms with Crippen molar-refractivity contribution in [3.8, 4) is 0 Å². The minimum Gasteiger partial charge on any atom is -0.324 e. The first-order valence-corrected chi connectivity index (χ1v) is 6.45. The Hall–Kier alpha value is -1.60. The lowest BCUT2D eigenvalue weighted by atomic mass is 9.95. The predicted molar refractivity (Wildman–Crippen MR) is 77.7 cm³/mol. The molecule has 0 heterocycles. The van der Waals surface area contributed by atoms with Crippen LogP contribution in [0.2, 0.25) is 0 Å². The molecule has 0 aliphatic heterocycles. The normalized spacial score (nSPS) is 12.4. The molecule has 1 unspecified atom stereocenters. The average Bonchev–Trinajstić information content (AvgIpc) is 2.35. The van der Waals surface area contributed by atoms with Gasteiger partial charge in [-0.3, -0.25) is 0 Å². The molecule has 1 atom stereocenters. The Labute approximate surface area is 110 Å². The number of aryl methyl sites for hydroxylation is 3. The van der Waals surface area contributed by atoms with Gasteiger partial charge in [0.15, 0.2) is 0 Å². The zero-order chi connectivity index (χ0) is 13.1. The summed E-state index contributed by atoms with van der Waals surface area (Å²) in [4.78, 5) is 0. The van der Waals surface area contributed by atoms with Crippen LogP contribution in [0.15, 0.2) is 42.5 Å². The lowest BCUT2D eigenvalue weighted by Crippen LogP contribution is -2.14. The van der Waals surface area contributed by atoms with E-state index in [1.54, 1.807) is 0 Å². The van der Waals surface area contributed by atoms with Crippen LogP contribution in [0.25, 0.3) is 0 Å². The highest BCUT2D eigenvalue weighted by Gasteiger charge is 2.09. The molecule has 2 N–H and O–H groups in total. The number of hydrogen-bond donors (Lipinski definition) is 1. The Morgan fingerprint density at radius 2 is 1.61 bits per heavy atom. The van der Waals surface area contributed by atoms with Crippen molar-refractivity contribution < 1.29 is 0 Å². The van der Waals surface area contributed by atoms with E-state index in [0.717, 1.165) is 6.42 Å². The first kappa shape index (κ1) is 12.8. The van der Waals surface area contributed by atoms with Crippen molar-refractivity contribution >= 4 is 0 Å². The standard InChI is InChI=1S/C17H21N/c1-12-8-9-16(10-14(12)3)17(18)11-15-7-5-4-6-13(15)2/h4-10,17H,11,18H2,1-3H3. The number of rotatable bonds is 3. The molecule has 0 spiro atoms. The summed E-state index contributed by atoms with van der Waals surface area (Å²) >= 11 is 0. The minimum absolute atomic E-state index is 0.0744. The Balaban J connectivity index is 2.19. The zero-order valence-corrected chi connectivity index (χ0v) is 11.4. The maximum absolute atomic E-state index is 6.31. The van der Waals surface area contributed by atoms with Crippen LogP contribution in [0.4, 0.5) is 0 Å². The van der Waals surface area contributed by atoms with E-state index in [0.29, 0.717) is 0 Å². The predicted octanol–water partition coefficient (Wildman–Crippen LogP) is 3.85. The monoisotopic (exact) mass is 239 g/mol. The summed E-state index contributed by atoms with van der Waals surface area (Å²) in [5, 5.41) is 0. The van der Waals surface area contributed by atoms with Crippen LogP contribution < -0.4 is 5.73 Å². The van der Waals surface area contributed by atoms with Crippen LogP contribution in [0, 0.1) is 20.8 Å². The number of nitrogens with two attached hydrogens (primary N) is 1. The van der Waals surface area contributed by atoms with E-state index in [2.05, 4.69) is 63.2 Å². The second kappa shape index (κ2) is 5.36. The topological polar surface area (TPSA) is 26.0 Å². The van der Waals surface area contributed by atoms with Crippen molar-refractivity contribution in [2.75, 3.05) is 0 Å². The lowest BCUT2D eigenvalue weighted by Gasteiger charge is -2.15. The maximum Gasteiger partial charge on any atom is 0.0335 e. The Bertz CT molecular complexity index is 543. The SMILES string of the molecule is Cc1ccc(C(N)Cc2ccccc2C)cc1C. The smallest absolute Gasteiger partial charge is 0.0335 e. The summed E-state index contributed by atoms with van der Waals surface area (Å²) in [5.74, 6) is 0. The van der Waals surface area contributed by atoms with Gasteiger partial charge in [0.25, 0.3) is 0 Å². The van der Waals surface area contributed by atoms with Crippen molar-refractivity contribution in [2.24, 2.45) is 5.73 Å². The summed E-state index contributed by atoms with van der Waals surface area (Å²) in [6, 6.07) is 15.0. The number of benzene rings is 2. The molecular formula is C17H21N. The van der Waals surface area contributed by atoms with E-state index in [4.69, 9.17) is 5.73 Å². The van der Waals surface area contributed by atoms with Crippen molar-refractivity contribution in [1.29, 1.82) is 0 Å². The van der Waals surface area contributed by atoms with Crippen LogP contribution in [0.3, 0.4) is 0 Å². The van der Waals surface area contributed by atoms with Gasteiger partial charge >= 0.3 is 0 Å². The molecule has 94 valence electrons. The molecule has 2 aromatic carbocycles. The van der Waals surface area contributed by atoms with Crippen LogP contribution in [-0.2, 0) is 6.42 Å². The molecule has 1 heteroatoms. The highest BCUT2D eigenvalue weighted by molar-refractivity contribution is 5.34. The fraction of sp³-hybridized carbons (Fsp3) is 0.294. The lowest BCUT2D eigenvalue weighted by molar-refractivity contribution is 0.718. The fourth-order valence-corrected chi connectivity index (χ4v) is 2.19. The van der Waals surface area contributed by atoms with Crippen LogP contribution >= 0.6 is 0 Å². The zero-order valence-electron chi connectivity index (χ0n) is 11.4. The van der Waals surface area contributed by atoms with Crippen LogP contribution in [-0.4, -0.2) is 0 Å². The first-order valence-electron chi connectivity index (χ1n) is 6.45. The van der Waals surface area contributed by atoms with Gasteiger partial charge in [0.05, 0.1) is 0 Å². The molecule has 0 amide bonds. The minimum atomic E-state index is 0.0744. The Kier molecular flexibility index (Phi) is 3.83. The van der Waals surface area contributed by atoms with Gasteiger partial charge in [-0.25, -0.2) is 0 Å². The van der Waals surface area contributed by atoms with Gasteiger partial charge in [0, 0.05) is 6.04 Å². The summed E-state index contributed by atoms with van der Waals surface area (Å²) in [7, 11) is 0. The first-order chi connectivity index (χ1) is 8.58. The van der Waals surface area contributed by atoms with E-state index < -0.39 is 0 Å². The largest absolute Gasteiger partial charge is 0.324 e. The summed E-state index contributed by atoms with van der Waals surface area (Å²) in [6.45, 7) is 6.41. The quantitative estimate of drug-likeness (QED) is 0.865. The van der Waals surface area contributed by atoms with Gasteiger partial charge in [-0.1, -0.05) is 42.5 Å². The Morgan fingerprint density at radius 3 is 2.28 bits per heavy atom. The van der Waals surface area contributed by atoms with Crippen molar-refractivity contribution in [3.05, 3.63) is 70.3 Å². The van der Waals surface area contributed by atoms with E-state index in [1.165, 1.54) is 27.8 Å². The van der Waals surface area contributed by atoms with Gasteiger partial charge in [-0.05, 0) is 55.0 Å². The summed E-state index contributed by atoms with van der Waals surface area (Å²) < 4.78 is 0. The second-order valence-corrected chi connectivity index (χ2v) is 5.08. The molecule has 0 aromatic heterocycles. The van der Waals surface area contributed by atoms with E-state index in [-0.39, 0.29) is 6.04 Å². The van der Waals surface area contributed by atoms with Crippen LogP contribution in [0.5, 0.6) is 0 Å². The molecule has 18 heavy (non-hydrogen) atoms. The average molecular weight is 239 g/mol. The van der Waals surface area contributed by atoms with Crippen LogP contribution in [0.1, 0.15) is 33.9 Å². The van der Waals surface area contributed by atoms with Gasteiger partial charge in [0.1, 0.15) is 0 Å². The summed E-state index contributed by atoms with van der Waals surface area (Å²) in [6.07, 6.45) is 0.898. The van der Waals surface area contributed by atoms with Crippen molar-refractivity contribution in [2.45, 2.75) is 33.2 Å². The molecule has 0 aliphatic rings. The van der Waals surface area contributed by atoms with E-state index in [9.17, 15) is 0 Å². The third kappa shape index (κ3) is 2.80. The molecule has 0 bridgehead atoms. The third-order valence-corrected chi connectivity index (χ3v) is 3.66. The summed E-state index contributed by atoms with van der Waals surface area (Å²) in [5.41, 5.74) is 12.8. The van der Waals surface area contributed by atoms with Gasteiger partial charge in [0.2, 0.25) is 0 Å². The fourth-order valence-electron chi connectivity index (χ4n) is 2.19. The molecule has 0 radical (unpaired) electrons.